The summed E-state index contributed by atoms with van der Waals surface area (Å²) < 4.78 is 11.0. The fourth-order valence-electron chi connectivity index (χ4n) is 3.76. The van der Waals surface area contributed by atoms with Gasteiger partial charge in [-0.3, -0.25) is 0 Å². The topological polar surface area (TPSA) is 59.5 Å². The number of fused-ring (bicyclic) bond motifs is 1. The molecule has 0 aliphatic rings. The summed E-state index contributed by atoms with van der Waals surface area (Å²) in [5, 5.41) is 4.41. The van der Waals surface area contributed by atoms with Gasteiger partial charge in [0.1, 0.15) is 5.82 Å². The average molecular weight is 443 g/mol. The van der Waals surface area contributed by atoms with Crippen LogP contribution in [0.1, 0.15) is 6.42 Å². The second-order valence-corrected chi connectivity index (χ2v) is 8.15. The number of anilines is 1. The van der Waals surface area contributed by atoms with Gasteiger partial charge in [-0.05, 0) is 44.3 Å². The van der Waals surface area contributed by atoms with E-state index in [0.717, 1.165) is 47.4 Å². The maximum Gasteiger partial charge on any atom is 0.162 e. The summed E-state index contributed by atoms with van der Waals surface area (Å²) in [4.78, 5) is 11.9. The van der Waals surface area contributed by atoms with Crippen LogP contribution < -0.4 is 14.8 Å². The van der Waals surface area contributed by atoms with Gasteiger partial charge in [0.05, 0.1) is 19.7 Å². The zero-order valence-electron chi connectivity index (χ0n) is 19.6. The van der Waals surface area contributed by atoms with Crippen molar-refractivity contribution in [2.24, 2.45) is 0 Å². The average Bonchev–Trinajstić information content (AvgIpc) is 2.86. The molecule has 6 nitrogen and oxygen atoms in total. The van der Waals surface area contributed by atoms with E-state index >= 15 is 0 Å². The van der Waals surface area contributed by atoms with Gasteiger partial charge in [-0.25, -0.2) is 9.97 Å². The van der Waals surface area contributed by atoms with Gasteiger partial charge >= 0.3 is 0 Å². The lowest BCUT2D eigenvalue weighted by molar-refractivity contribution is 0.356. The third-order valence-electron chi connectivity index (χ3n) is 5.53. The molecule has 0 atom stereocenters. The van der Waals surface area contributed by atoms with Crippen molar-refractivity contribution in [3.8, 4) is 34.0 Å². The van der Waals surface area contributed by atoms with Crippen LogP contribution in [0, 0.1) is 0 Å². The number of rotatable bonds is 9. The molecular formula is C27H30N4O2. The summed E-state index contributed by atoms with van der Waals surface area (Å²) >= 11 is 0. The third-order valence-corrected chi connectivity index (χ3v) is 5.53. The first-order valence-corrected chi connectivity index (χ1v) is 11.1. The highest BCUT2D eigenvalue weighted by Gasteiger charge is 2.14. The SMILES string of the molecule is COc1cc2nc(-c3ccc(-c4ccccc4)cc3)nc(NCCCN(C)C)c2cc1OC. The maximum absolute atomic E-state index is 5.51. The van der Waals surface area contributed by atoms with E-state index in [1.165, 1.54) is 5.56 Å². The summed E-state index contributed by atoms with van der Waals surface area (Å²) in [7, 11) is 7.43. The van der Waals surface area contributed by atoms with Crippen LogP contribution in [0.4, 0.5) is 5.82 Å². The van der Waals surface area contributed by atoms with E-state index in [1.807, 2.05) is 30.3 Å². The molecule has 0 aliphatic carbocycles. The molecule has 0 saturated carbocycles. The largest absolute Gasteiger partial charge is 0.493 e. The van der Waals surface area contributed by atoms with Crippen molar-refractivity contribution in [1.29, 1.82) is 0 Å². The smallest absolute Gasteiger partial charge is 0.162 e. The van der Waals surface area contributed by atoms with Crippen molar-refractivity contribution in [2.75, 3.05) is 46.7 Å². The van der Waals surface area contributed by atoms with Gasteiger partial charge in [0.2, 0.25) is 0 Å². The lowest BCUT2D eigenvalue weighted by atomic mass is 10.0. The molecule has 1 heterocycles. The number of ether oxygens (including phenoxy) is 2. The number of aromatic nitrogens is 2. The molecular weight excluding hydrogens is 412 g/mol. The molecule has 0 aliphatic heterocycles. The van der Waals surface area contributed by atoms with E-state index in [1.54, 1.807) is 14.2 Å². The van der Waals surface area contributed by atoms with E-state index in [0.29, 0.717) is 17.3 Å². The van der Waals surface area contributed by atoms with E-state index in [9.17, 15) is 0 Å². The summed E-state index contributed by atoms with van der Waals surface area (Å²) in [6, 6.07) is 22.5. The molecule has 0 fully saturated rings. The minimum Gasteiger partial charge on any atom is -0.493 e. The molecule has 0 unspecified atom stereocenters. The van der Waals surface area contributed by atoms with Crippen LogP contribution in [0.5, 0.6) is 11.5 Å². The van der Waals surface area contributed by atoms with E-state index in [-0.39, 0.29) is 0 Å². The van der Waals surface area contributed by atoms with Crippen LogP contribution in [0.25, 0.3) is 33.4 Å². The molecule has 0 spiro atoms. The number of nitrogens with zero attached hydrogens (tertiary/aromatic N) is 3. The molecule has 4 rings (SSSR count). The van der Waals surface area contributed by atoms with Crippen molar-refractivity contribution in [3.63, 3.8) is 0 Å². The number of hydrogen-bond donors (Lipinski definition) is 1. The molecule has 0 bridgehead atoms. The lowest BCUT2D eigenvalue weighted by Crippen LogP contribution is -2.17. The zero-order valence-corrected chi connectivity index (χ0v) is 19.6. The Morgan fingerprint density at radius 1 is 0.788 bits per heavy atom. The molecule has 170 valence electrons. The van der Waals surface area contributed by atoms with Gasteiger partial charge in [0, 0.05) is 23.6 Å². The summed E-state index contributed by atoms with van der Waals surface area (Å²) in [6.07, 6.45) is 1.01. The number of benzene rings is 3. The van der Waals surface area contributed by atoms with Gasteiger partial charge in [0.15, 0.2) is 17.3 Å². The maximum atomic E-state index is 5.51. The van der Waals surface area contributed by atoms with Gasteiger partial charge in [0.25, 0.3) is 0 Å². The van der Waals surface area contributed by atoms with Crippen LogP contribution >= 0.6 is 0 Å². The van der Waals surface area contributed by atoms with E-state index in [2.05, 4.69) is 60.7 Å². The van der Waals surface area contributed by atoms with Crippen molar-refractivity contribution in [3.05, 3.63) is 66.7 Å². The van der Waals surface area contributed by atoms with Crippen LogP contribution in [-0.2, 0) is 0 Å². The second kappa shape index (κ2) is 10.3. The Balaban J connectivity index is 1.72. The van der Waals surface area contributed by atoms with Crippen LogP contribution in [0.15, 0.2) is 66.7 Å². The monoisotopic (exact) mass is 442 g/mol. The van der Waals surface area contributed by atoms with Crippen molar-refractivity contribution in [1.82, 2.24) is 14.9 Å². The lowest BCUT2D eigenvalue weighted by Gasteiger charge is -2.15. The summed E-state index contributed by atoms with van der Waals surface area (Å²) in [5.74, 6) is 2.77. The molecule has 1 N–H and O–H groups in total. The summed E-state index contributed by atoms with van der Waals surface area (Å²) in [6.45, 7) is 1.81. The minimum absolute atomic E-state index is 0.646. The number of methoxy groups -OCH3 is 2. The van der Waals surface area contributed by atoms with E-state index < -0.39 is 0 Å². The minimum atomic E-state index is 0.646. The molecule has 6 heteroatoms. The highest BCUT2D eigenvalue weighted by atomic mass is 16.5. The van der Waals surface area contributed by atoms with Crippen LogP contribution in [0.2, 0.25) is 0 Å². The molecule has 0 saturated heterocycles. The number of nitrogens with one attached hydrogen (secondary N) is 1. The van der Waals surface area contributed by atoms with Gasteiger partial charge < -0.3 is 19.7 Å². The van der Waals surface area contributed by atoms with Crippen molar-refractivity contribution < 1.29 is 9.47 Å². The molecule has 4 aromatic rings. The molecule has 0 amide bonds. The van der Waals surface area contributed by atoms with Crippen LogP contribution in [-0.4, -0.2) is 56.3 Å². The third kappa shape index (κ3) is 5.23. The van der Waals surface area contributed by atoms with E-state index in [4.69, 9.17) is 19.4 Å². The van der Waals surface area contributed by atoms with Crippen LogP contribution in [0.3, 0.4) is 0 Å². The fourth-order valence-corrected chi connectivity index (χ4v) is 3.76. The highest BCUT2D eigenvalue weighted by molar-refractivity contribution is 5.93. The van der Waals surface area contributed by atoms with Gasteiger partial charge in [-0.2, -0.15) is 0 Å². The predicted molar refractivity (Wildman–Crippen MR) is 135 cm³/mol. The second-order valence-electron chi connectivity index (χ2n) is 8.15. The predicted octanol–water partition coefficient (Wildman–Crippen LogP) is 5.34. The zero-order chi connectivity index (χ0) is 23.2. The Morgan fingerprint density at radius 3 is 2.09 bits per heavy atom. The first-order valence-electron chi connectivity index (χ1n) is 11.1. The Kier molecular flexibility index (Phi) is 7.05. The van der Waals surface area contributed by atoms with Crippen molar-refractivity contribution >= 4 is 16.7 Å². The Labute approximate surface area is 195 Å². The fraction of sp³-hybridized carbons (Fsp3) is 0.259. The van der Waals surface area contributed by atoms with Gasteiger partial charge in [-0.15, -0.1) is 0 Å². The highest BCUT2D eigenvalue weighted by Crippen LogP contribution is 2.35. The standard InChI is InChI=1S/C27H30N4O2/c1-31(2)16-8-15-28-27-22-17-24(32-3)25(33-4)18-23(22)29-26(30-27)21-13-11-20(12-14-21)19-9-6-5-7-10-19/h5-7,9-14,17-18H,8,15-16H2,1-4H3,(H,28,29,30). The molecule has 3 aromatic carbocycles. The Bertz CT molecular complexity index is 1210. The molecule has 0 radical (unpaired) electrons. The number of hydrogen-bond acceptors (Lipinski definition) is 6. The Hall–Kier alpha value is -3.64. The molecule has 33 heavy (non-hydrogen) atoms. The van der Waals surface area contributed by atoms with Gasteiger partial charge in [-0.1, -0.05) is 54.6 Å². The molecule has 1 aromatic heterocycles. The first kappa shape index (κ1) is 22.6. The quantitative estimate of drug-likeness (QED) is 0.353. The summed E-state index contributed by atoms with van der Waals surface area (Å²) in [5.41, 5.74) is 4.11. The normalized spacial score (nSPS) is 11.1. The Morgan fingerprint density at radius 2 is 1.42 bits per heavy atom. The first-order chi connectivity index (χ1) is 16.1. The van der Waals surface area contributed by atoms with Crippen molar-refractivity contribution in [2.45, 2.75) is 6.42 Å².